The maximum absolute atomic E-state index is 10.6. The van der Waals surface area contributed by atoms with Gasteiger partial charge in [0.15, 0.2) is 5.69 Å². The average molecular weight is 256 g/mol. The zero-order chi connectivity index (χ0) is 12.1. The summed E-state index contributed by atoms with van der Waals surface area (Å²) in [6.45, 7) is 2.56. The average Bonchev–Trinajstić information content (AvgIpc) is 2.96. The first-order valence-electron chi connectivity index (χ1n) is 5.75. The monoisotopic (exact) mass is 256 g/mol. The summed E-state index contributed by atoms with van der Waals surface area (Å²) in [7, 11) is 0. The third kappa shape index (κ3) is 3.76. The second kappa shape index (κ2) is 6.09. The van der Waals surface area contributed by atoms with E-state index in [1.54, 1.807) is 5.38 Å². The van der Waals surface area contributed by atoms with Gasteiger partial charge in [-0.3, -0.25) is 0 Å². The quantitative estimate of drug-likeness (QED) is 0.747. The van der Waals surface area contributed by atoms with E-state index in [1.807, 2.05) is 0 Å². The van der Waals surface area contributed by atoms with Crippen molar-refractivity contribution in [2.75, 3.05) is 19.7 Å². The van der Waals surface area contributed by atoms with Crippen LogP contribution in [0, 0.1) is 0 Å². The molecule has 1 aliphatic heterocycles. The Labute approximate surface area is 104 Å². The maximum Gasteiger partial charge on any atom is 0.355 e. The van der Waals surface area contributed by atoms with E-state index in [9.17, 15) is 4.79 Å². The highest BCUT2D eigenvalue weighted by atomic mass is 32.1. The maximum atomic E-state index is 10.6. The minimum Gasteiger partial charge on any atom is -0.476 e. The fraction of sp³-hybridized carbons (Fsp3) is 0.636. The number of ether oxygens (including phenoxy) is 1. The number of carbonyl (C=O) groups is 1. The molecule has 6 heteroatoms. The summed E-state index contributed by atoms with van der Waals surface area (Å²) in [6, 6.07) is 0. The number of hydrogen-bond acceptors (Lipinski definition) is 5. The van der Waals surface area contributed by atoms with Gasteiger partial charge in [-0.05, 0) is 12.8 Å². The van der Waals surface area contributed by atoms with E-state index in [-0.39, 0.29) is 5.69 Å². The van der Waals surface area contributed by atoms with Crippen LogP contribution in [-0.2, 0) is 11.2 Å². The van der Waals surface area contributed by atoms with Crippen LogP contribution < -0.4 is 5.32 Å². The molecule has 94 valence electrons. The van der Waals surface area contributed by atoms with Crippen LogP contribution in [0.4, 0.5) is 0 Å². The van der Waals surface area contributed by atoms with E-state index in [4.69, 9.17) is 9.84 Å². The van der Waals surface area contributed by atoms with Gasteiger partial charge >= 0.3 is 5.97 Å². The number of carboxylic acids is 1. The standard InChI is InChI=1S/C11H16N2O3S/c14-11(15)9-7-17-10(13-9)3-4-12-6-8-2-1-5-16-8/h7-8,12H,1-6H2,(H,14,15). The molecule has 0 saturated carbocycles. The zero-order valence-electron chi connectivity index (χ0n) is 9.52. The summed E-state index contributed by atoms with van der Waals surface area (Å²) in [5.74, 6) is -0.959. The summed E-state index contributed by atoms with van der Waals surface area (Å²) in [5.41, 5.74) is 0.143. The Hall–Kier alpha value is -0.980. The Balaban J connectivity index is 1.65. The van der Waals surface area contributed by atoms with Crippen LogP contribution in [0.3, 0.4) is 0 Å². The molecular weight excluding hydrogens is 240 g/mol. The smallest absolute Gasteiger partial charge is 0.355 e. The van der Waals surface area contributed by atoms with E-state index < -0.39 is 5.97 Å². The molecule has 0 aromatic carbocycles. The van der Waals surface area contributed by atoms with Crippen molar-refractivity contribution in [3.8, 4) is 0 Å². The van der Waals surface area contributed by atoms with Crippen molar-refractivity contribution in [3.63, 3.8) is 0 Å². The van der Waals surface area contributed by atoms with Gasteiger partial charge in [0.25, 0.3) is 0 Å². The van der Waals surface area contributed by atoms with Gasteiger partial charge in [0.2, 0.25) is 0 Å². The lowest BCUT2D eigenvalue weighted by atomic mass is 10.2. The van der Waals surface area contributed by atoms with Gasteiger partial charge < -0.3 is 15.2 Å². The van der Waals surface area contributed by atoms with Gasteiger partial charge in [0.05, 0.1) is 11.1 Å². The van der Waals surface area contributed by atoms with Crippen LogP contribution in [0.15, 0.2) is 5.38 Å². The van der Waals surface area contributed by atoms with Crippen LogP contribution in [0.1, 0.15) is 28.3 Å². The molecule has 1 unspecified atom stereocenters. The SMILES string of the molecule is O=C(O)c1csc(CCNCC2CCCO2)n1. The Morgan fingerprint density at radius 1 is 1.71 bits per heavy atom. The van der Waals surface area contributed by atoms with Gasteiger partial charge in [0, 0.05) is 31.5 Å². The van der Waals surface area contributed by atoms with Crippen molar-refractivity contribution >= 4 is 17.3 Å². The molecule has 1 fully saturated rings. The summed E-state index contributed by atoms with van der Waals surface area (Å²) in [5, 5.41) is 14.5. The lowest BCUT2D eigenvalue weighted by Gasteiger charge is -2.09. The minimum absolute atomic E-state index is 0.143. The number of nitrogens with one attached hydrogen (secondary N) is 1. The molecule has 0 radical (unpaired) electrons. The summed E-state index contributed by atoms with van der Waals surface area (Å²) in [6.07, 6.45) is 3.40. The van der Waals surface area contributed by atoms with Gasteiger partial charge in [-0.25, -0.2) is 9.78 Å². The molecule has 0 spiro atoms. The summed E-state index contributed by atoms with van der Waals surface area (Å²) < 4.78 is 5.49. The molecule has 17 heavy (non-hydrogen) atoms. The van der Waals surface area contributed by atoms with Gasteiger partial charge in [-0.1, -0.05) is 0 Å². The molecule has 1 atom stereocenters. The van der Waals surface area contributed by atoms with Crippen LogP contribution >= 0.6 is 11.3 Å². The molecular formula is C11H16N2O3S. The third-order valence-corrected chi connectivity index (χ3v) is 3.59. The molecule has 1 saturated heterocycles. The molecule has 2 rings (SSSR count). The lowest BCUT2D eigenvalue weighted by Crippen LogP contribution is -2.27. The van der Waals surface area contributed by atoms with Gasteiger partial charge in [-0.15, -0.1) is 11.3 Å². The van der Waals surface area contributed by atoms with Crippen molar-refractivity contribution in [2.24, 2.45) is 0 Å². The van der Waals surface area contributed by atoms with Crippen LogP contribution in [0.25, 0.3) is 0 Å². The Morgan fingerprint density at radius 2 is 2.59 bits per heavy atom. The molecule has 5 nitrogen and oxygen atoms in total. The Morgan fingerprint density at radius 3 is 3.24 bits per heavy atom. The van der Waals surface area contributed by atoms with Crippen molar-refractivity contribution in [1.82, 2.24) is 10.3 Å². The fourth-order valence-corrected chi connectivity index (χ4v) is 2.56. The van der Waals surface area contributed by atoms with Crippen LogP contribution in [0.2, 0.25) is 0 Å². The van der Waals surface area contributed by atoms with Crippen LogP contribution in [-0.4, -0.2) is 41.9 Å². The number of aromatic carboxylic acids is 1. The second-order valence-electron chi connectivity index (χ2n) is 4.02. The number of hydrogen-bond donors (Lipinski definition) is 2. The number of rotatable bonds is 6. The number of thiazole rings is 1. The first kappa shape index (κ1) is 12.5. The third-order valence-electron chi connectivity index (χ3n) is 2.68. The van der Waals surface area contributed by atoms with E-state index in [0.717, 1.165) is 44.0 Å². The zero-order valence-corrected chi connectivity index (χ0v) is 10.3. The number of nitrogens with zero attached hydrogens (tertiary/aromatic N) is 1. The van der Waals surface area contributed by atoms with Crippen molar-refractivity contribution in [3.05, 3.63) is 16.1 Å². The Bertz CT molecular complexity index is 375. The molecule has 0 bridgehead atoms. The first-order valence-corrected chi connectivity index (χ1v) is 6.63. The molecule has 1 aromatic rings. The predicted octanol–water partition coefficient (Wildman–Crippen LogP) is 1.15. The largest absolute Gasteiger partial charge is 0.476 e. The predicted molar refractivity (Wildman–Crippen MR) is 64.6 cm³/mol. The number of carboxylic acid groups (broad SMARTS) is 1. The normalized spacial score (nSPS) is 19.6. The van der Waals surface area contributed by atoms with Crippen molar-refractivity contribution in [2.45, 2.75) is 25.4 Å². The molecule has 0 aliphatic carbocycles. The topological polar surface area (TPSA) is 71.5 Å². The molecule has 2 N–H and O–H groups in total. The van der Waals surface area contributed by atoms with E-state index >= 15 is 0 Å². The van der Waals surface area contributed by atoms with E-state index in [1.165, 1.54) is 11.3 Å². The first-order chi connectivity index (χ1) is 8.25. The summed E-state index contributed by atoms with van der Waals surface area (Å²) in [4.78, 5) is 14.7. The molecule has 1 aliphatic rings. The summed E-state index contributed by atoms with van der Waals surface area (Å²) >= 11 is 1.40. The fourth-order valence-electron chi connectivity index (χ4n) is 1.79. The van der Waals surface area contributed by atoms with E-state index in [2.05, 4.69) is 10.3 Å². The highest BCUT2D eigenvalue weighted by molar-refractivity contribution is 7.09. The molecule has 1 aromatic heterocycles. The van der Waals surface area contributed by atoms with Crippen LogP contribution in [0.5, 0.6) is 0 Å². The highest BCUT2D eigenvalue weighted by Crippen LogP contribution is 2.11. The van der Waals surface area contributed by atoms with E-state index in [0.29, 0.717) is 6.10 Å². The minimum atomic E-state index is -0.959. The molecule has 2 heterocycles. The second-order valence-corrected chi connectivity index (χ2v) is 4.96. The Kier molecular flexibility index (Phi) is 4.47. The van der Waals surface area contributed by atoms with Gasteiger partial charge in [-0.2, -0.15) is 0 Å². The van der Waals surface area contributed by atoms with Gasteiger partial charge in [0.1, 0.15) is 0 Å². The molecule has 0 amide bonds. The number of aromatic nitrogens is 1. The highest BCUT2D eigenvalue weighted by Gasteiger charge is 2.14. The van der Waals surface area contributed by atoms with Crippen molar-refractivity contribution in [1.29, 1.82) is 0 Å². The lowest BCUT2D eigenvalue weighted by molar-refractivity contribution is 0.0691. The van der Waals surface area contributed by atoms with Crippen molar-refractivity contribution < 1.29 is 14.6 Å².